The number of nitrogens with zero attached hydrogens (tertiary/aromatic N) is 1. The molecule has 0 spiro atoms. The number of rotatable bonds is 5. The van der Waals surface area contributed by atoms with E-state index in [-0.39, 0.29) is 0 Å². The minimum Gasteiger partial charge on any atom is -0.302 e. The van der Waals surface area contributed by atoms with Gasteiger partial charge in [0.05, 0.1) is 11.1 Å². The second-order valence-electron chi connectivity index (χ2n) is 4.47. The lowest BCUT2D eigenvalue weighted by Crippen LogP contribution is -2.46. The highest BCUT2D eigenvalue weighted by Crippen LogP contribution is 2.42. The molecule has 18 heavy (non-hydrogen) atoms. The Bertz CT molecular complexity index is 482. The van der Waals surface area contributed by atoms with Crippen LogP contribution in [0.2, 0.25) is 10.0 Å². The van der Waals surface area contributed by atoms with Gasteiger partial charge in [-0.2, -0.15) is 5.26 Å². The number of halogens is 2. The number of thioether (sulfide) groups is 1. The molecule has 1 unspecified atom stereocenters. The van der Waals surface area contributed by atoms with Crippen LogP contribution in [-0.4, -0.2) is 18.3 Å². The normalized spacial score (nSPS) is 18.1. The predicted octanol–water partition coefficient (Wildman–Crippen LogP) is 3.98. The summed E-state index contributed by atoms with van der Waals surface area (Å²) in [4.78, 5) is 0.930. The van der Waals surface area contributed by atoms with Crippen molar-refractivity contribution in [3.8, 4) is 6.07 Å². The lowest BCUT2D eigenvalue weighted by atomic mass is 9.98. The van der Waals surface area contributed by atoms with Gasteiger partial charge in [-0.3, -0.25) is 0 Å². The Hall–Kier alpha value is -0.400. The molecular formula is C13H14Cl2N2S. The lowest BCUT2D eigenvalue weighted by Gasteiger charge is -2.25. The molecule has 0 heterocycles. The van der Waals surface area contributed by atoms with Gasteiger partial charge < -0.3 is 5.32 Å². The van der Waals surface area contributed by atoms with E-state index in [0.717, 1.165) is 17.7 Å². The average Bonchev–Trinajstić information content (AvgIpc) is 3.20. The monoisotopic (exact) mass is 300 g/mol. The first kappa shape index (κ1) is 14.0. The summed E-state index contributed by atoms with van der Waals surface area (Å²) in [7, 11) is 1.85. The zero-order valence-corrected chi connectivity index (χ0v) is 12.4. The van der Waals surface area contributed by atoms with Crippen molar-refractivity contribution in [2.75, 3.05) is 12.8 Å². The van der Waals surface area contributed by atoms with Crippen LogP contribution in [0, 0.1) is 17.2 Å². The van der Waals surface area contributed by atoms with Crippen molar-refractivity contribution in [3.63, 3.8) is 0 Å². The highest BCUT2D eigenvalue weighted by molar-refractivity contribution is 7.99. The largest absolute Gasteiger partial charge is 0.302 e. The summed E-state index contributed by atoms with van der Waals surface area (Å²) < 4.78 is 0. The molecule has 1 N–H and O–H groups in total. The molecule has 1 aliphatic carbocycles. The van der Waals surface area contributed by atoms with Gasteiger partial charge in [0.2, 0.25) is 0 Å². The summed E-state index contributed by atoms with van der Waals surface area (Å²) >= 11 is 13.7. The smallest absolute Gasteiger partial charge is 0.118 e. The van der Waals surface area contributed by atoms with Crippen molar-refractivity contribution in [1.29, 1.82) is 5.26 Å². The van der Waals surface area contributed by atoms with Gasteiger partial charge in [-0.15, -0.1) is 11.8 Å². The first-order valence-electron chi connectivity index (χ1n) is 5.79. The molecule has 0 saturated heterocycles. The SMILES string of the molecule is CNC(C#N)(CSc1cc(Cl)ccc1Cl)C1CC1. The van der Waals surface area contributed by atoms with Crippen molar-refractivity contribution in [3.05, 3.63) is 28.2 Å². The van der Waals surface area contributed by atoms with Gasteiger partial charge >= 0.3 is 0 Å². The summed E-state index contributed by atoms with van der Waals surface area (Å²) in [6.07, 6.45) is 2.25. The van der Waals surface area contributed by atoms with Crippen LogP contribution < -0.4 is 5.32 Å². The highest BCUT2D eigenvalue weighted by Gasteiger charge is 2.44. The maximum atomic E-state index is 9.40. The van der Waals surface area contributed by atoms with Crippen molar-refractivity contribution < 1.29 is 0 Å². The standard InChI is InChI=1S/C13H14Cl2N2S/c1-17-13(7-16,9-2-3-9)8-18-12-6-10(14)4-5-11(12)15/h4-6,9,17H,2-3,8H2,1H3. The second kappa shape index (κ2) is 5.71. The minimum absolute atomic E-state index is 0.448. The molecule has 96 valence electrons. The Balaban J connectivity index is 2.10. The van der Waals surface area contributed by atoms with E-state index in [0.29, 0.717) is 21.7 Å². The summed E-state index contributed by atoms with van der Waals surface area (Å²) in [5.74, 6) is 1.14. The fourth-order valence-electron chi connectivity index (χ4n) is 1.93. The van der Waals surface area contributed by atoms with E-state index in [1.165, 1.54) is 0 Å². The maximum absolute atomic E-state index is 9.40. The molecule has 0 bridgehead atoms. The Morgan fingerprint density at radius 3 is 2.78 bits per heavy atom. The van der Waals surface area contributed by atoms with Crippen LogP contribution in [0.25, 0.3) is 0 Å². The highest BCUT2D eigenvalue weighted by atomic mass is 35.5. The summed E-state index contributed by atoms with van der Waals surface area (Å²) in [5, 5.41) is 13.9. The molecule has 0 aromatic heterocycles. The maximum Gasteiger partial charge on any atom is 0.118 e. The van der Waals surface area contributed by atoms with Gasteiger partial charge in [-0.1, -0.05) is 23.2 Å². The summed E-state index contributed by atoms with van der Waals surface area (Å²) in [5.41, 5.74) is -0.448. The van der Waals surface area contributed by atoms with Crippen molar-refractivity contribution in [2.45, 2.75) is 23.3 Å². The van der Waals surface area contributed by atoms with Gasteiger partial charge in [0, 0.05) is 15.7 Å². The van der Waals surface area contributed by atoms with Crippen molar-refractivity contribution >= 4 is 35.0 Å². The van der Waals surface area contributed by atoms with Crippen LogP contribution in [0.1, 0.15) is 12.8 Å². The number of benzene rings is 1. The van der Waals surface area contributed by atoms with E-state index in [1.807, 2.05) is 13.1 Å². The number of hydrogen-bond donors (Lipinski definition) is 1. The Labute approximate surface area is 122 Å². The Morgan fingerprint density at radius 1 is 1.50 bits per heavy atom. The third kappa shape index (κ3) is 2.95. The number of nitrogens with one attached hydrogen (secondary N) is 1. The van der Waals surface area contributed by atoms with E-state index in [4.69, 9.17) is 23.2 Å². The van der Waals surface area contributed by atoms with Crippen LogP contribution in [0.3, 0.4) is 0 Å². The summed E-state index contributed by atoms with van der Waals surface area (Å²) in [6, 6.07) is 7.83. The Kier molecular flexibility index (Phi) is 4.45. The predicted molar refractivity (Wildman–Crippen MR) is 77.3 cm³/mol. The van der Waals surface area contributed by atoms with Crippen LogP contribution >= 0.6 is 35.0 Å². The van der Waals surface area contributed by atoms with Crippen LogP contribution in [0.5, 0.6) is 0 Å². The molecule has 1 aliphatic rings. The summed E-state index contributed by atoms with van der Waals surface area (Å²) in [6.45, 7) is 0. The van der Waals surface area contributed by atoms with Crippen LogP contribution in [0.4, 0.5) is 0 Å². The minimum atomic E-state index is -0.448. The zero-order valence-electron chi connectivity index (χ0n) is 10.0. The van der Waals surface area contributed by atoms with E-state index in [2.05, 4.69) is 11.4 Å². The number of hydrogen-bond acceptors (Lipinski definition) is 3. The molecule has 1 atom stereocenters. The second-order valence-corrected chi connectivity index (χ2v) is 6.33. The van der Waals surface area contributed by atoms with E-state index < -0.39 is 5.54 Å². The zero-order chi connectivity index (χ0) is 13.2. The first-order valence-corrected chi connectivity index (χ1v) is 7.53. The fourth-order valence-corrected chi connectivity index (χ4v) is 3.69. The van der Waals surface area contributed by atoms with Crippen LogP contribution in [-0.2, 0) is 0 Å². The molecule has 1 fully saturated rings. The molecule has 2 nitrogen and oxygen atoms in total. The first-order chi connectivity index (χ1) is 8.61. The van der Waals surface area contributed by atoms with Crippen LogP contribution in [0.15, 0.2) is 23.1 Å². The topological polar surface area (TPSA) is 35.8 Å². The molecule has 0 aliphatic heterocycles. The molecule has 1 aromatic rings. The van der Waals surface area contributed by atoms with Gasteiger partial charge in [0.25, 0.3) is 0 Å². The van der Waals surface area contributed by atoms with E-state index >= 15 is 0 Å². The third-order valence-electron chi connectivity index (χ3n) is 3.27. The molecular weight excluding hydrogens is 287 g/mol. The third-order valence-corrected chi connectivity index (χ3v) is 5.19. The molecule has 1 aromatic carbocycles. The fraction of sp³-hybridized carbons (Fsp3) is 0.462. The molecule has 0 amide bonds. The molecule has 5 heteroatoms. The molecule has 0 radical (unpaired) electrons. The number of nitriles is 1. The lowest BCUT2D eigenvalue weighted by molar-refractivity contribution is 0.441. The van der Waals surface area contributed by atoms with Crippen molar-refractivity contribution in [1.82, 2.24) is 5.32 Å². The molecule has 2 rings (SSSR count). The van der Waals surface area contributed by atoms with Gasteiger partial charge in [0.1, 0.15) is 5.54 Å². The molecule has 1 saturated carbocycles. The van der Waals surface area contributed by atoms with Gasteiger partial charge in [-0.25, -0.2) is 0 Å². The van der Waals surface area contributed by atoms with Gasteiger partial charge in [0.15, 0.2) is 0 Å². The quantitative estimate of drug-likeness (QED) is 0.836. The van der Waals surface area contributed by atoms with Crippen molar-refractivity contribution in [2.24, 2.45) is 5.92 Å². The Morgan fingerprint density at radius 2 is 2.22 bits per heavy atom. The van der Waals surface area contributed by atoms with E-state index in [9.17, 15) is 5.26 Å². The van der Waals surface area contributed by atoms with Gasteiger partial charge in [-0.05, 0) is 44.0 Å². The van der Waals surface area contributed by atoms with E-state index in [1.54, 1.807) is 23.9 Å². The average molecular weight is 301 g/mol.